The third-order valence-electron chi connectivity index (χ3n) is 3.59. The number of carbonyl (C=O) groups excluding carboxylic acids is 1. The van der Waals surface area contributed by atoms with Crippen molar-refractivity contribution >= 4 is 33.8 Å². The van der Waals surface area contributed by atoms with E-state index >= 15 is 0 Å². The molecule has 1 amide bonds. The Labute approximate surface area is 147 Å². The molecule has 0 fully saturated rings. The van der Waals surface area contributed by atoms with E-state index in [1.165, 1.54) is 11.3 Å². The van der Waals surface area contributed by atoms with Gasteiger partial charge in [-0.2, -0.15) is 0 Å². The number of hydrogen-bond acceptors (Lipinski definition) is 5. The highest BCUT2D eigenvalue weighted by Gasteiger charge is 2.08. The summed E-state index contributed by atoms with van der Waals surface area (Å²) in [5, 5.41) is 3.85. The third-order valence-corrected chi connectivity index (χ3v) is 4.36. The maximum atomic E-state index is 12.0. The number of thiazole rings is 1. The number of amides is 1. The van der Waals surface area contributed by atoms with Gasteiger partial charge in [0.05, 0.1) is 11.7 Å². The zero-order chi connectivity index (χ0) is 17.1. The molecule has 0 radical (unpaired) electrons. The fraction of sp³-hybridized carbons (Fsp3) is 0. The van der Waals surface area contributed by atoms with Gasteiger partial charge in [-0.25, -0.2) is 0 Å². The molecule has 6 heteroatoms. The van der Waals surface area contributed by atoms with E-state index in [0.29, 0.717) is 22.1 Å². The predicted octanol–water partition coefficient (Wildman–Crippen LogP) is 4.74. The maximum absolute atomic E-state index is 12.0. The highest BCUT2D eigenvalue weighted by Crippen LogP contribution is 2.29. The molecular formula is C19H13N3O2S. The smallest absolute Gasteiger partial charge is 0.267 e. The van der Waals surface area contributed by atoms with Crippen molar-refractivity contribution in [3.8, 4) is 11.5 Å². The average Bonchev–Trinajstić information content (AvgIpc) is 3.19. The minimum Gasteiger partial charge on any atom is -0.455 e. The fourth-order valence-corrected chi connectivity index (χ4v) is 2.93. The average molecular weight is 347 g/mol. The van der Waals surface area contributed by atoms with E-state index < -0.39 is 0 Å². The van der Waals surface area contributed by atoms with Gasteiger partial charge in [-0.15, -0.1) is 11.3 Å². The van der Waals surface area contributed by atoms with Gasteiger partial charge in [0, 0.05) is 17.3 Å². The number of anilines is 1. The molecule has 0 aliphatic heterocycles. The number of carbonyl (C=O) groups is 1. The van der Waals surface area contributed by atoms with Gasteiger partial charge in [-0.1, -0.05) is 18.2 Å². The van der Waals surface area contributed by atoms with E-state index in [9.17, 15) is 4.79 Å². The van der Waals surface area contributed by atoms with Gasteiger partial charge in [-0.3, -0.25) is 14.8 Å². The molecule has 5 nitrogen and oxygen atoms in total. The zero-order valence-corrected chi connectivity index (χ0v) is 13.9. The van der Waals surface area contributed by atoms with Gasteiger partial charge < -0.3 is 10.1 Å². The van der Waals surface area contributed by atoms with Gasteiger partial charge in [0.15, 0.2) is 5.75 Å². The number of pyridine rings is 1. The molecule has 0 atom stereocenters. The summed E-state index contributed by atoms with van der Waals surface area (Å²) in [5.41, 5.74) is 3.14. The van der Waals surface area contributed by atoms with Crippen LogP contribution in [0.2, 0.25) is 0 Å². The van der Waals surface area contributed by atoms with Crippen LogP contribution in [0.15, 0.2) is 72.5 Å². The Bertz CT molecular complexity index is 1010. The van der Waals surface area contributed by atoms with Crippen molar-refractivity contribution in [2.45, 2.75) is 0 Å². The van der Waals surface area contributed by atoms with Crippen molar-refractivity contribution in [1.82, 2.24) is 9.97 Å². The first-order valence-electron chi connectivity index (χ1n) is 7.61. The monoisotopic (exact) mass is 347 g/mol. The van der Waals surface area contributed by atoms with Crippen LogP contribution in [0.4, 0.5) is 5.69 Å². The Morgan fingerprint density at radius 1 is 1.04 bits per heavy atom. The molecule has 0 aliphatic carbocycles. The van der Waals surface area contributed by atoms with E-state index in [2.05, 4.69) is 15.3 Å². The first-order valence-corrected chi connectivity index (χ1v) is 8.49. The predicted molar refractivity (Wildman–Crippen MR) is 98.3 cm³/mol. The number of nitrogens with zero attached hydrogens (tertiary/aromatic N) is 2. The molecular weight excluding hydrogens is 334 g/mol. The third kappa shape index (κ3) is 3.34. The van der Waals surface area contributed by atoms with Crippen molar-refractivity contribution in [1.29, 1.82) is 0 Å². The van der Waals surface area contributed by atoms with E-state index in [1.807, 2.05) is 42.5 Å². The molecule has 122 valence electrons. The van der Waals surface area contributed by atoms with Crippen LogP contribution in [0.5, 0.6) is 11.5 Å². The van der Waals surface area contributed by atoms with Crippen molar-refractivity contribution < 1.29 is 9.53 Å². The molecule has 0 bridgehead atoms. The van der Waals surface area contributed by atoms with Crippen LogP contribution in [-0.2, 0) is 0 Å². The highest BCUT2D eigenvalue weighted by molar-refractivity contribution is 7.11. The second kappa shape index (κ2) is 6.70. The first kappa shape index (κ1) is 15.3. The molecule has 0 saturated heterocycles. The molecule has 4 aromatic rings. The van der Waals surface area contributed by atoms with Gasteiger partial charge in [0.2, 0.25) is 0 Å². The molecule has 0 spiro atoms. The normalized spacial score (nSPS) is 10.6. The molecule has 0 unspecified atom stereocenters. The number of nitrogens with one attached hydrogen (secondary N) is 1. The van der Waals surface area contributed by atoms with Crippen LogP contribution in [0, 0.1) is 0 Å². The summed E-state index contributed by atoms with van der Waals surface area (Å²) in [6.45, 7) is 0. The maximum Gasteiger partial charge on any atom is 0.267 e. The Morgan fingerprint density at radius 2 is 1.88 bits per heavy atom. The van der Waals surface area contributed by atoms with Crippen molar-refractivity contribution in [2.24, 2.45) is 0 Å². The van der Waals surface area contributed by atoms with Gasteiger partial charge >= 0.3 is 0 Å². The van der Waals surface area contributed by atoms with E-state index in [0.717, 1.165) is 10.9 Å². The first-order chi connectivity index (χ1) is 12.3. The van der Waals surface area contributed by atoms with E-state index in [4.69, 9.17) is 4.74 Å². The quantitative estimate of drug-likeness (QED) is 0.579. The van der Waals surface area contributed by atoms with Crippen LogP contribution in [-0.4, -0.2) is 15.9 Å². The molecule has 25 heavy (non-hydrogen) atoms. The van der Waals surface area contributed by atoms with Crippen LogP contribution in [0.1, 0.15) is 9.67 Å². The number of ether oxygens (including phenoxy) is 1. The highest BCUT2D eigenvalue weighted by atomic mass is 32.1. The lowest BCUT2D eigenvalue weighted by Crippen LogP contribution is -2.09. The lowest BCUT2D eigenvalue weighted by atomic mass is 10.2. The second-order valence-corrected chi connectivity index (χ2v) is 6.16. The van der Waals surface area contributed by atoms with Crippen molar-refractivity contribution in [2.75, 3.05) is 5.32 Å². The summed E-state index contributed by atoms with van der Waals surface area (Å²) in [6.07, 6.45) is 3.29. The number of fused-ring (bicyclic) bond motifs is 1. The van der Waals surface area contributed by atoms with Crippen LogP contribution >= 0.6 is 11.3 Å². The number of para-hydroxylation sites is 1. The Morgan fingerprint density at radius 3 is 2.68 bits per heavy atom. The van der Waals surface area contributed by atoms with Gasteiger partial charge in [-0.05, 0) is 36.4 Å². The molecule has 2 aromatic carbocycles. The van der Waals surface area contributed by atoms with Crippen LogP contribution in [0.3, 0.4) is 0 Å². The van der Waals surface area contributed by atoms with Crippen LogP contribution < -0.4 is 10.1 Å². The number of benzene rings is 2. The van der Waals surface area contributed by atoms with Crippen molar-refractivity contribution in [3.05, 3.63) is 77.4 Å². The lowest BCUT2D eigenvalue weighted by Gasteiger charge is -2.09. The van der Waals surface area contributed by atoms with E-state index in [-0.39, 0.29) is 5.91 Å². The SMILES string of the molecule is O=C(Nc1ccc(Oc2cccc3cccnc23)cc1)c1cncs1. The molecule has 2 heterocycles. The zero-order valence-electron chi connectivity index (χ0n) is 13.0. The summed E-state index contributed by atoms with van der Waals surface area (Å²) >= 11 is 1.30. The summed E-state index contributed by atoms with van der Waals surface area (Å²) in [5.74, 6) is 1.20. The number of aromatic nitrogens is 2. The Balaban J connectivity index is 1.51. The Hall–Kier alpha value is -3.25. The van der Waals surface area contributed by atoms with Crippen LogP contribution in [0.25, 0.3) is 10.9 Å². The summed E-state index contributed by atoms with van der Waals surface area (Å²) in [4.78, 5) is 20.9. The van der Waals surface area contributed by atoms with Gasteiger partial charge in [0.1, 0.15) is 16.1 Å². The lowest BCUT2D eigenvalue weighted by molar-refractivity contribution is 0.103. The largest absolute Gasteiger partial charge is 0.455 e. The second-order valence-electron chi connectivity index (χ2n) is 5.28. The molecule has 2 aromatic heterocycles. The standard InChI is InChI=1S/C19H13N3O2S/c23-19(17-11-20-12-25-17)22-14-6-8-15(9-7-14)24-16-5-1-3-13-4-2-10-21-18(13)16/h1-12H,(H,22,23). The fourth-order valence-electron chi connectivity index (χ4n) is 2.41. The summed E-state index contributed by atoms with van der Waals surface area (Å²) in [6, 6.07) is 16.9. The Kier molecular flexibility index (Phi) is 4.10. The molecule has 0 aliphatic rings. The topological polar surface area (TPSA) is 64.1 Å². The minimum atomic E-state index is -0.172. The summed E-state index contributed by atoms with van der Waals surface area (Å²) < 4.78 is 5.94. The van der Waals surface area contributed by atoms with E-state index in [1.54, 1.807) is 30.0 Å². The number of hydrogen-bond donors (Lipinski definition) is 1. The van der Waals surface area contributed by atoms with Gasteiger partial charge in [0.25, 0.3) is 5.91 Å². The minimum absolute atomic E-state index is 0.172. The number of rotatable bonds is 4. The summed E-state index contributed by atoms with van der Waals surface area (Å²) in [7, 11) is 0. The molecule has 1 N–H and O–H groups in total. The van der Waals surface area contributed by atoms with Crippen molar-refractivity contribution in [3.63, 3.8) is 0 Å². The molecule has 4 rings (SSSR count). The molecule has 0 saturated carbocycles.